The Balaban J connectivity index is 0.00000144. The summed E-state index contributed by atoms with van der Waals surface area (Å²) in [6, 6.07) is 6.14. The molecule has 0 bridgehead atoms. The van der Waals surface area contributed by atoms with Crippen molar-refractivity contribution >= 4 is 40.7 Å². The fourth-order valence-electron chi connectivity index (χ4n) is 1.08. The van der Waals surface area contributed by atoms with E-state index in [-0.39, 0.29) is 12.4 Å². The lowest BCUT2D eigenvalue weighted by Gasteiger charge is -2.10. The van der Waals surface area contributed by atoms with E-state index in [2.05, 4.69) is 54.0 Å². The molecule has 3 N–H and O–H groups in total. The van der Waals surface area contributed by atoms with Gasteiger partial charge >= 0.3 is 0 Å². The van der Waals surface area contributed by atoms with Crippen LogP contribution in [0, 0.1) is 3.57 Å². The van der Waals surface area contributed by atoms with Crippen molar-refractivity contribution in [1.82, 2.24) is 0 Å². The maximum Gasteiger partial charge on any atom is 0.0488 e. The number of hydrogen-bond acceptors (Lipinski definition) is 2. The first kappa shape index (κ1) is 13.0. The first-order chi connectivity index (χ1) is 5.65. The number of nitrogens with two attached hydrogens (primary N) is 1. The van der Waals surface area contributed by atoms with E-state index in [1.165, 1.54) is 9.13 Å². The van der Waals surface area contributed by atoms with Gasteiger partial charge in [-0.15, -0.1) is 12.4 Å². The molecule has 13 heavy (non-hydrogen) atoms. The highest BCUT2D eigenvalue weighted by molar-refractivity contribution is 14.1. The maximum absolute atomic E-state index is 5.32. The molecule has 74 valence electrons. The molecular formula is C9H14ClIN2. The van der Waals surface area contributed by atoms with Crippen molar-refractivity contribution in [3.8, 4) is 0 Å². The van der Waals surface area contributed by atoms with Gasteiger partial charge in [0.15, 0.2) is 0 Å². The van der Waals surface area contributed by atoms with Crippen LogP contribution in [0.15, 0.2) is 18.2 Å². The van der Waals surface area contributed by atoms with Crippen molar-refractivity contribution in [2.45, 2.75) is 19.8 Å². The molecule has 0 aliphatic carbocycles. The number of nitrogen functional groups attached to an aromatic ring is 1. The summed E-state index contributed by atoms with van der Waals surface area (Å²) in [5, 5.41) is 0. The van der Waals surface area contributed by atoms with Gasteiger partial charge in [0.25, 0.3) is 0 Å². The van der Waals surface area contributed by atoms with Gasteiger partial charge in [-0.25, -0.2) is 0 Å². The molecule has 0 atom stereocenters. The van der Waals surface area contributed by atoms with E-state index in [9.17, 15) is 0 Å². The second-order valence-corrected chi connectivity index (χ2v) is 4.20. The number of benzene rings is 1. The second-order valence-electron chi connectivity index (χ2n) is 3.04. The van der Waals surface area contributed by atoms with Crippen LogP contribution < -0.4 is 11.3 Å². The molecule has 4 heteroatoms. The second kappa shape index (κ2) is 5.67. The molecule has 0 fully saturated rings. The first-order valence-electron chi connectivity index (χ1n) is 3.91. The number of hydrazine groups is 1. The maximum atomic E-state index is 5.32. The first-order valence-corrected chi connectivity index (χ1v) is 4.99. The summed E-state index contributed by atoms with van der Waals surface area (Å²) < 4.78 is 1.29. The Morgan fingerprint density at radius 1 is 1.38 bits per heavy atom. The number of rotatable bonds is 2. The number of anilines is 1. The van der Waals surface area contributed by atoms with Crippen LogP contribution in [0.2, 0.25) is 0 Å². The summed E-state index contributed by atoms with van der Waals surface area (Å²) >= 11 is 2.34. The Morgan fingerprint density at radius 2 is 2.00 bits per heavy atom. The van der Waals surface area contributed by atoms with Crippen LogP contribution in [0.1, 0.15) is 25.3 Å². The van der Waals surface area contributed by atoms with E-state index in [1.54, 1.807) is 0 Å². The highest BCUT2D eigenvalue weighted by Gasteiger charge is 2.04. The SMILES string of the molecule is CC(C)c1cc(NN)ccc1I.Cl. The Hall–Kier alpha value is -0.0000000000000000555. The molecule has 0 heterocycles. The van der Waals surface area contributed by atoms with Gasteiger partial charge in [-0.1, -0.05) is 13.8 Å². The van der Waals surface area contributed by atoms with E-state index < -0.39 is 0 Å². The van der Waals surface area contributed by atoms with Gasteiger partial charge in [-0.3, -0.25) is 5.84 Å². The van der Waals surface area contributed by atoms with Gasteiger partial charge in [0.05, 0.1) is 0 Å². The standard InChI is InChI=1S/C9H13IN2.ClH/c1-6(2)8-5-7(12-11)3-4-9(8)10;/h3-6,12H,11H2,1-2H3;1H. The molecule has 0 spiro atoms. The van der Waals surface area contributed by atoms with Crippen molar-refractivity contribution in [2.24, 2.45) is 5.84 Å². The van der Waals surface area contributed by atoms with Crippen molar-refractivity contribution in [2.75, 3.05) is 5.43 Å². The summed E-state index contributed by atoms with van der Waals surface area (Å²) in [6.07, 6.45) is 0. The average Bonchev–Trinajstić information content (AvgIpc) is 2.05. The van der Waals surface area contributed by atoms with E-state index in [0.717, 1.165) is 5.69 Å². The summed E-state index contributed by atoms with van der Waals surface area (Å²) in [7, 11) is 0. The van der Waals surface area contributed by atoms with E-state index in [0.29, 0.717) is 5.92 Å². The van der Waals surface area contributed by atoms with Gasteiger partial charge in [-0.05, 0) is 52.3 Å². The minimum Gasteiger partial charge on any atom is -0.324 e. The van der Waals surface area contributed by atoms with Crippen molar-refractivity contribution in [3.05, 3.63) is 27.3 Å². The molecule has 1 aromatic rings. The summed E-state index contributed by atoms with van der Waals surface area (Å²) in [4.78, 5) is 0. The lowest BCUT2D eigenvalue weighted by atomic mass is 10.0. The lowest BCUT2D eigenvalue weighted by Crippen LogP contribution is -2.07. The monoisotopic (exact) mass is 312 g/mol. The molecule has 0 aliphatic heterocycles. The third-order valence-electron chi connectivity index (χ3n) is 1.78. The van der Waals surface area contributed by atoms with Crippen LogP contribution >= 0.6 is 35.0 Å². The molecule has 0 amide bonds. The summed E-state index contributed by atoms with van der Waals surface area (Å²) in [5.74, 6) is 5.86. The normalized spacial score (nSPS) is 9.62. The predicted molar refractivity (Wildman–Crippen MR) is 68.3 cm³/mol. The topological polar surface area (TPSA) is 38.0 Å². The number of hydrogen-bond donors (Lipinski definition) is 2. The highest BCUT2D eigenvalue weighted by atomic mass is 127. The van der Waals surface area contributed by atoms with Crippen LogP contribution in [0.3, 0.4) is 0 Å². The van der Waals surface area contributed by atoms with Crippen molar-refractivity contribution in [3.63, 3.8) is 0 Å². The number of nitrogens with one attached hydrogen (secondary N) is 1. The minimum atomic E-state index is 0. The molecule has 2 nitrogen and oxygen atoms in total. The third kappa shape index (κ3) is 3.32. The molecule has 1 aromatic carbocycles. The zero-order chi connectivity index (χ0) is 9.14. The van der Waals surface area contributed by atoms with Crippen molar-refractivity contribution in [1.29, 1.82) is 0 Å². The smallest absolute Gasteiger partial charge is 0.0488 e. The zero-order valence-electron chi connectivity index (χ0n) is 7.67. The molecular weight excluding hydrogens is 298 g/mol. The predicted octanol–water partition coefficient (Wildman–Crippen LogP) is 3.12. The van der Waals surface area contributed by atoms with Crippen LogP contribution in [-0.4, -0.2) is 0 Å². The van der Waals surface area contributed by atoms with Crippen LogP contribution in [-0.2, 0) is 0 Å². The molecule has 0 saturated heterocycles. The van der Waals surface area contributed by atoms with E-state index in [4.69, 9.17) is 5.84 Å². The Kier molecular flexibility index (Phi) is 5.67. The quantitative estimate of drug-likeness (QED) is 0.500. The number of halogens is 2. The molecule has 0 radical (unpaired) electrons. The van der Waals surface area contributed by atoms with Gasteiger partial charge < -0.3 is 5.43 Å². The summed E-state index contributed by atoms with van der Waals surface area (Å²) in [6.45, 7) is 4.36. The van der Waals surface area contributed by atoms with E-state index >= 15 is 0 Å². The van der Waals surface area contributed by atoms with Gasteiger partial charge in [0.1, 0.15) is 0 Å². The molecule has 0 aromatic heterocycles. The van der Waals surface area contributed by atoms with E-state index in [1.807, 2.05) is 6.07 Å². The minimum absolute atomic E-state index is 0. The van der Waals surface area contributed by atoms with Gasteiger partial charge in [0, 0.05) is 9.26 Å². The fraction of sp³-hybridized carbons (Fsp3) is 0.333. The van der Waals surface area contributed by atoms with Crippen LogP contribution in [0.5, 0.6) is 0 Å². The Morgan fingerprint density at radius 3 is 2.46 bits per heavy atom. The zero-order valence-corrected chi connectivity index (χ0v) is 10.6. The molecule has 0 aliphatic rings. The Labute approximate surface area is 98.8 Å². The molecule has 0 unspecified atom stereocenters. The highest BCUT2D eigenvalue weighted by Crippen LogP contribution is 2.24. The molecule has 1 rings (SSSR count). The molecule has 0 saturated carbocycles. The fourth-order valence-corrected chi connectivity index (χ4v) is 2.03. The van der Waals surface area contributed by atoms with Gasteiger partial charge in [0.2, 0.25) is 0 Å². The third-order valence-corrected chi connectivity index (χ3v) is 2.77. The van der Waals surface area contributed by atoms with Crippen molar-refractivity contribution < 1.29 is 0 Å². The lowest BCUT2D eigenvalue weighted by molar-refractivity contribution is 0.860. The summed E-state index contributed by atoms with van der Waals surface area (Å²) in [5.41, 5.74) is 4.96. The van der Waals surface area contributed by atoms with Crippen LogP contribution in [0.25, 0.3) is 0 Å². The van der Waals surface area contributed by atoms with Crippen LogP contribution in [0.4, 0.5) is 5.69 Å². The average molecular weight is 313 g/mol. The largest absolute Gasteiger partial charge is 0.324 e. The Bertz CT molecular complexity index is 276. The van der Waals surface area contributed by atoms with Gasteiger partial charge in [-0.2, -0.15) is 0 Å².